The van der Waals surface area contributed by atoms with E-state index in [1.54, 1.807) is 6.20 Å². The molecule has 29 heavy (non-hydrogen) atoms. The maximum absolute atomic E-state index is 12.2. The number of nitrogens with zero attached hydrogens (tertiary/aromatic N) is 1. The van der Waals surface area contributed by atoms with Crippen LogP contribution in [0.5, 0.6) is 0 Å². The van der Waals surface area contributed by atoms with Crippen molar-refractivity contribution in [1.29, 1.82) is 0 Å². The number of anilines is 3. The third kappa shape index (κ3) is 3.86. The van der Waals surface area contributed by atoms with Crippen LogP contribution >= 0.6 is 0 Å². The molecule has 0 radical (unpaired) electrons. The van der Waals surface area contributed by atoms with Crippen molar-refractivity contribution < 1.29 is 9.59 Å². The Bertz CT molecular complexity index is 1040. The highest BCUT2D eigenvalue weighted by Gasteiger charge is 2.29. The van der Waals surface area contributed by atoms with E-state index < -0.39 is 6.03 Å². The van der Waals surface area contributed by atoms with Gasteiger partial charge in [-0.25, -0.2) is 4.79 Å². The second-order valence-corrected chi connectivity index (χ2v) is 6.94. The fourth-order valence-electron chi connectivity index (χ4n) is 3.37. The van der Waals surface area contributed by atoms with Crippen molar-refractivity contribution >= 4 is 29.1 Å². The molecule has 2 heterocycles. The first kappa shape index (κ1) is 18.4. The average Bonchev–Trinajstić information content (AvgIpc) is 3.14. The Morgan fingerprint density at radius 3 is 2.38 bits per heavy atom. The molecule has 4 rings (SSSR count). The van der Waals surface area contributed by atoms with Crippen LogP contribution in [0.1, 0.15) is 27.0 Å². The first-order chi connectivity index (χ1) is 14.0. The van der Waals surface area contributed by atoms with E-state index in [-0.39, 0.29) is 12.6 Å². The zero-order chi connectivity index (χ0) is 20.4. The molecule has 0 spiro atoms. The monoisotopic (exact) mass is 390 g/mol. The number of rotatable bonds is 5. The summed E-state index contributed by atoms with van der Waals surface area (Å²) >= 11 is 0. The summed E-state index contributed by atoms with van der Waals surface area (Å²) in [6, 6.07) is 15.4. The van der Waals surface area contributed by atoms with Gasteiger partial charge in [0.25, 0.3) is 5.91 Å². The Kier molecular flexibility index (Phi) is 4.82. The number of urea groups is 1. The van der Waals surface area contributed by atoms with E-state index in [0.29, 0.717) is 17.9 Å². The standard InChI is InChI=1S/C21H22N6O2/c22-16-5-1-13(2-6-16)9-14-3-7-17(8-4-14)24-10-15-11-25-19-18(15)20(28)26-12-27(19)21(23)29/h1-8,11,24-25H,9-10,12,22H2,(H2,23,29)(H,26,28). The van der Waals surface area contributed by atoms with Crippen molar-refractivity contribution in [1.82, 2.24) is 10.3 Å². The molecule has 0 bridgehead atoms. The lowest BCUT2D eigenvalue weighted by Crippen LogP contribution is -2.48. The van der Waals surface area contributed by atoms with Gasteiger partial charge in [0.15, 0.2) is 0 Å². The van der Waals surface area contributed by atoms with Gasteiger partial charge in [0.1, 0.15) is 12.5 Å². The second kappa shape index (κ2) is 7.59. The van der Waals surface area contributed by atoms with Crippen molar-refractivity contribution in [3.05, 3.63) is 77.0 Å². The van der Waals surface area contributed by atoms with Gasteiger partial charge < -0.3 is 27.1 Å². The number of nitrogens with one attached hydrogen (secondary N) is 3. The lowest BCUT2D eigenvalue weighted by atomic mass is 10.0. The zero-order valence-electron chi connectivity index (χ0n) is 15.7. The van der Waals surface area contributed by atoms with Crippen LogP contribution in [0.3, 0.4) is 0 Å². The van der Waals surface area contributed by atoms with Crippen molar-refractivity contribution in [2.75, 3.05) is 22.6 Å². The van der Waals surface area contributed by atoms with Gasteiger partial charge in [-0.15, -0.1) is 0 Å². The molecule has 0 atom stereocenters. The van der Waals surface area contributed by atoms with Crippen LogP contribution in [0.4, 0.5) is 22.0 Å². The van der Waals surface area contributed by atoms with Gasteiger partial charge in [0.05, 0.1) is 5.56 Å². The Morgan fingerprint density at radius 2 is 1.72 bits per heavy atom. The molecular formula is C21H22N6O2. The normalized spacial score (nSPS) is 13.0. The van der Waals surface area contributed by atoms with Crippen LogP contribution < -0.4 is 27.0 Å². The number of carbonyl (C=O) groups excluding carboxylic acids is 2. The molecule has 3 aromatic rings. The maximum atomic E-state index is 12.2. The summed E-state index contributed by atoms with van der Waals surface area (Å²) in [6.07, 6.45) is 2.54. The van der Waals surface area contributed by atoms with E-state index in [2.05, 4.69) is 27.8 Å². The minimum Gasteiger partial charge on any atom is -0.399 e. The molecule has 1 aliphatic rings. The van der Waals surface area contributed by atoms with Crippen LogP contribution in [0.15, 0.2) is 54.7 Å². The van der Waals surface area contributed by atoms with E-state index in [4.69, 9.17) is 11.5 Å². The Balaban J connectivity index is 1.43. The molecule has 0 saturated heterocycles. The molecule has 1 aliphatic heterocycles. The van der Waals surface area contributed by atoms with E-state index >= 15 is 0 Å². The topological polar surface area (TPSA) is 129 Å². The number of carbonyl (C=O) groups is 2. The van der Waals surface area contributed by atoms with Gasteiger partial charge in [-0.05, 0) is 41.8 Å². The average molecular weight is 390 g/mol. The minimum atomic E-state index is -0.621. The fourth-order valence-corrected chi connectivity index (χ4v) is 3.37. The number of fused-ring (bicyclic) bond motifs is 1. The van der Waals surface area contributed by atoms with E-state index in [1.165, 1.54) is 16.0 Å². The minimum absolute atomic E-state index is 0.0595. The summed E-state index contributed by atoms with van der Waals surface area (Å²) in [7, 11) is 0. The van der Waals surface area contributed by atoms with Crippen LogP contribution in [-0.2, 0) is 13.0 Å². The predicted molar refractivity (Wildman–Crippen MR) is 113 cm³/mol. The molecule has 148 valence electrons. The first-order valence-electron chi connectivity index (χ1n) is 9.24. The number of primary amides is 1. The number of aromatic nitrogens is 1. The molecule has 2 aromatic carbocycles. The molecule has 8 nitrogen and oxygen atoms in total. The summed E-state index contributed by atoms with van der Waals surface area (Å²) < 4.78 is 0. The summed E-state index contributed by atoms with van der Waals surface area (Å²) in [5, 5.41) is 5.97. The summed E-state index contributed by atoms with van der Waals surface area (Å²) in [4.78, 5) is 28.1. The van der Waals surface area contributed by atoms with Crippen molar-refractivity contribution in [2.45, 2.75) is 13.0 Å². The smallest absolute Gasteiger partial charge is 0.321 e. The number of aromatic amines is 1. The van der Waals surface area contributed by atoms with Crippen LogP contribution in [0, 0.1) is 0 Å². The van der Waals surface area contributed by atoms with Gasteiger partial charge >= 0.3 is 6.03 Å². The Hall–Kier alpha value is -3.94. The number of benzene rings is 2. The molecular weight excluding hydrogens is 368 g/mol. The van der Waals surface area contributed by atoms with Crippen molar-refractivity contribution in [3.8, 4) is 0 Å². The van der Waals surface area contributed by atoms with Crippen LogP contribution in [0.25, 0.3) is 0 Å². The number of hydrogen-bond acceptors (Lipinski definition) is 4. The molecule has 8 heteroatoms. The fraction of sp³-hybridized carbons (Fsp3) is 0.143. The first-order valence-corrected chi connectivity index (χ1v) is 9.24. The van der Waals surface area contributed by atoms with E-state index in [9.17, 15) is 9.59 Å². The SMILES string of the molecule is NC(=O)N1CNC(=O)c2c(CNc3ccc(Cc4ccc(N)cc4)cc3)c[nH]c21. The van der Waals surface area contributed by atoms with Gasteiger partial charge in [0, 0.05) is 29.7 Å². The largest absolute Gasteiger partial charge is 0.399 e. The number of hydrogen-bond donors (Lipinski definition) is 5. The quantitative estimate of drug-likeness (QED) is 0.428. The van der Waals surface area contributed by atoms with E-state index in [1.807, 2.05) is 36.4 Å². The summed E-state index contributed by atoms with van der Waals surface area (Å²) in [5.41, 5.74) is 16.4. The molecule has 0 unspecified atom stereocenters. The number of nitrogens with two attached hydrogens (primary N) is 2. The predicted octanol–water partition coefficient (Wildman–Crippen LogP) is 2.39. The second-order valence-electron chi connectivity index (χ2n) is 6.94. The van der Waals surface area contributed by atoms with Crippen LogP contribution in [0.2, 0.25) is 0 Å². The molecule has 0 saturated carbocycles. The Labute approximate surface area is 167 Å². The van der Waals surface area contributed by atoms with E-state index in [0.717, 1.165) is 23.4 Å². The molecule has 0 aliphatic carbocycles. The van der Waals surface area contributed by atoms with Gasteiger partial charge in [-0.1, -0.05) is 24.3 Å². The van der Waals surface area contributed by atoms with Crippen molar-refractivity contribution in [3.63, 3.8) is 0 Å². The molecule has 0 fully saturated rings. The third-order valence-electron chi connectivity index (χ3n) is 4.93. The van der Waals surface area contributed by atoms with Crippen molar-refractivity contribution in [2.24, 2.45) is 5.73 Å². The van der Waals surface area contributed by atoms with Gasteiger partial charge in [0.2, 0.25) is 0 Å². The molecule has 1 aromatic heterocycles. The number of nitrogen functional groups attached to an aromatic ring is 1. The highest BCUT2D eigenvalue weighted by molar-refractivity contribution is 6.07. The zero-order valence-corrected chi connectivity index (χ0v) is 15.7. The van der Waals surface area contributed by atoms with Gasteiger partial charge in [-0.2, -0.15) is 0 Å². The van der Waals surface area contributed by atoms with Crippen LogP contribution in [-0.4, -0.2) is 23.6 Å². The highest BCUT2D eigenvalue weighted by atomic mass is 16.2. The lowest BCUT2D eigenvalue weighted by molar-refractivity contribution is 0.0948. The van der Waals surface area contributed by atoms with Gasteiger partial charge in [-0.3, -0.25) is 9.69 Å². The molecule has 3 amide bonds. The lowest BCUT2D eigenvalue weighted by Gasteiger charge is -2.25. The molecule has 7 N–H and O–H groups in total. The third-order valence-corrected chi connectivity index (χ3v) is 4.93. The number of H-pyrrole nitrogens is 1. The summed E-state index contributed by atoms with van der Waals surface area (Å²) in [6.45, 7) is 0.493. The maximum Gasteiger partial charge on any atom is 0.321 e. The highest BCUT2D eigenvalue weighted by Crippen LogP contribution is 2.26. The Morgan fingerprint density at radius 1 is 1.07 bits per heavy atom. The number of amides is 3. The summed E-state index contributed by atoms with van der Waals surface area (Å²) in [5.74, 6) is 0.200.